The Kier molecular flexibility index (Phi) is 4.62. The van der Waals surface area contributed by atoms with Crippen LogP contribution >= 0.6 is 0 Å². The zero-order chi connectivity index (χ0) is 17.8. The Morgan fingerprint density at radius 3 is 3.04 bits per heavy atom. The Bertz CT molecular complexity index is 796. The SMILES string of the molecule is O=C(NCc1cccnc1)C1=NOC2(CCN(Cc3ccccn3)C2)C1. The maximum Gasteiger partial charge on any atom is 0.269 e. The van der Waals surface area contributed by atoms with Crippen LogP contribution in [0.4, 0.5) is 0 Å². The summed E-state index contributed by atoms with van der Waals surface area (Å²) in [5.74, 6) is -0.172. The number of carbonyl (C=O) groups excluding carboxylic acids is 1. The van der Waals surface area contributed by atoms with Crippen molar-refractivity contribution in [1.29, 1.82) is 0 Å². The summed E-state index contributed by atoms with van der Waals surface area (Å²) >= 11 is 0. The van der Waals surface area contributed by atoms with Crippen LogP contribution in [0.2, 0.25) is 0 Å². The molecule has 0 aromatic carbocycles. The highest BCUT2D eigenvalue weighted by atomic mass is 16.7. The van der Waals surface area contributed by atoms with Gasteiger partial charge in [0.05, 0.1) is 5.69 Å². The second kappa shape index (κ2) is 7.21. The van der Waals surface area contributed by atoms with E-state index in [1.165, 1.54) is 0 Å². The fourth-order valence-electron chi connectivity index (χ4n) is 3.43. The molecule has 2 aromatic rings. The molecule has 134 valence electrons. The van der Waals surface area contributed by atoms with Gasteiger partial charge in [0, 0.05) is 57.6 Å². The average Bonchev–Trinajstić information content (AvgIpc) is 3.28. The lowest BCUT2D eigenvalue weighted by Gasteiger charge is -2.21. The third kappa shape index (κ3) is 3.72. The van der Waals surface area contributed by atoms with E-state index < -0.39 is 0 Å². The molecule has 0 saturated carbocycles. The molecule has 1 saturated heterocycles. The standard InChI is InChI=1S/C19H21N5O2/c25-18(22-12-15-4-3-7-20-11-15)17-10-19(26-23-17)6-9-24(14-19)13-16-5-1-2-8-21-16/h1-5,7-8,11H,6,9-10,12-14H2,(H,22,25). The molecule has 2 aromatic heterocycles. The van der Waals surface area contributed by atoms with Crippen molar-refractivity contribution in [1.82, 2.24) is 20.2 Å². The van der Waals surface area contributed by atoms with Gasteiger partial charge in [-0.2, -0.15) is 0 Å². The number of hydrogen-bond acceptors (Lipinski definition) is 6. The summed E-state index contributed by atoms with van der Waals surface area (Å²) in [6.07, 6.45) is 6.66. The summed E-state index contributed by atoms with van der Waals surface area (Å²) in [5.41, 5.74) is 2.08. The first-order valence-corrected chi connectivity index (χ1v) is 8.77. The minimum absolute atomic E-state index is 0.172. The number of rotatable bonds is 5. The predicted molar refractivity (Wildman–Crippen MR) is 96.1 cm³/mol. The number of carbonyl (C=O) groups is 1. The number of hydrogen-bond donors (Lipinski definition) is 1. The third-order valence-electron chi connectivity index (χ3n) is 4.78. The van der Waals surface area contributed by atoms with Crippen LogP contribution in [0.3, 0.4) is 0 Å². The lowest BCUT2D eigenvalue weighted by Crippen LogP contribution is -2.36. The van der Waals surface area contributed by atoms with E-state index >= 15 is 0 Å². The van der Waals surface area contributed by atoms with Gasteiger partial charge < -0.3 is 10.2 Å². The molecule has 7 heteroatoms. The molecule has 0 aliphatic carbocycles. The van der Waals surface area contributed by atoms with Crippen LogP contribution in [0.15, 0.2) is 54.1 Å². The number of pyridine rings is 2. The number of nitrogens with zero attached hydrogens (tertiary/aromatic N) is 4. The number of oxime groups is 1. The van der Waals surface area contributed by atoms with E-state index in [9.17, 15) is 4.79 Å². The van der Waals surface area contributed by atoms with Crippen LogP contribution in [0.5, 0.6) is 0 Å². The molecule has 1 fully saturated rings. The summed E-state index contributed by atoms with van der Waals surface area (Å²) in [4.78, 5) is 28.8. The van der Waals surface area contributed by atoms with E-state index in [4.69, 9.17) is 4.84 Å². The molecule has 4 heterocycles. The first kappa shape index (κ1) is 16.7. The van der Waals surface area contributed by atoms with Gasteiger partial charge in [0.15, 0.2) is 5.60 Å². The van der Waals surface area contributed by atoms with Crippen molar-refractivity contribution >= 4 is 11.6 Å². The van der Waals surface area contributed by atoms with Gasteiger partial charge in [-0.25, -0.2) is 0 Å². The van der Waals surface area contributed by atoms with E-state index in [-0.39, 0.29) is 11.5 Å². The Balaban J connectivity index is 1.29. The first-order valence-electron chi connectivity index (χ1n) is 8.77. The van der Waals surface area contributed by atoms with Crippen molar-refractivity contribution in [3.8, 4) is 0 Å². The van der Waals surface area contributed by atoms with E-state index in [2.05, 4.69) is 25.3 Å². The molecule has 7 nitrogen and oxygen atoms in total. The number of likely N-dealkylation sites (tertiary alicyclic amines) is 1. The van der Waals surface area contributed by atoms with Crippen LogP contribution in [-0.2, 0) is 22.7 Å². The van der Waals surface area contributed by atoms with Gasteiger partial charge in [-0.1, -0.05) is 17.3 Å². The highest BCUT2D eigenvalue weighted by Crippen LogP contribution is 2.34. The van der Waals surface area contributed by atoms with Gasteiger partial charge in [0.2, 0.25) is 0 Å². The fourth-order valence-corrected chi connectivity index (χ4v) is 3.43. The van der Waals surface area contributed by atoms with Crippen molar-refractivity contribution in [3.05, 3.63) is 60.2 Å². The molecule has 1 spiro atoms. The third-order valence-corrected chi connectivity index (χ3v) is 4.78. The molecule has 2 aliphatic heterocycles. The highest BCUT2D eigenvalue weighted by molar-refractivity contribution is 6.39. The molecule has 0 radical (unpaired) electrons. The monoisotopic (exact) mass is 351 g/mol. The zero-order valence-electron chi connectivity index (χ0n) is 14.5. The summed E-state index contributed by atoms with van der Waals surface area (Å²) in [6.45, 7) is 2.89. The first-order chi connectivity index (χ1) is 12.7. The maximum absolute atomic E-state index is 12.4. The van der Waals surface area contributed by atoms with E-state index in [1.54, 1.807) is 18.6 Å². The molecule has 2 aliphatic rings. The molecule has 1 N–H and O–H groups in total. The molecule has 0 bridgehead atoms. The molecule has 1 unspecified atom stereocenters. The van der Waals surface area contributed by atoms with Crippen molar-refractivity contribution in [2.45, 2.75) is 31.5 Å². The number of amides is 1. The lowest BCUT2D eigenvalue weighted by molar-refractivity contribution is -0.115. The normalized spacial score (nSPS) is 22.2. The van der Waals surface area contributed by atoms with Gasteiger partial charge in [-0.3, -0.25) is 19.7 Å². The Hall–Kier alpha value is -2.80. The smallest absolute Gasteiger partial charge is 0.269 e. The van der Waals surface area contributed by atoms with E-state index in [1.807, 2.05) is 30.3 Å². The van der Waals surface area contributed by atoms with Gasteiger partial charge in [0.25, 0.3) is 5.91 Å². The predicted octanol–water partition coefficient (Wildman–Crippen LogP) is 1.51. The Labute approximate surface area is 152 Å². The quantitative estimate of drug-likeness (QED) is 0.883. The number of aromatic nitrogens is 2. The van der Waals surface area contributed by atoms with E-state index in [0.717, 1.165) is 37.3 Å². The molecule has 4 rings (SSSR count). The Morgan fingerprint density at radius 1 is 1.27 bits per heavy atom. The minimum Gasteiger partial charge on any atom is -0.387 e. The van der Waals surface area contributed by atoms with Crippen LogP contribution in [0.25, 0.3) is 0 Å². The molecular weight excluding hydrogens is 330 g/mol. The van der Waals surface area contributed by atoms with Crippen molar-refractivity contribution in [3.63, 3.8) is 0 Å². The molecule has 1 amide bonds. The van der Waals surface area contributed by atoms with Crippen molar-refractivity contribution < 1.29 is 9.63 Å². The summed E-state index contributed by atoms with van der Waals surface area (Å²) in [6, 6.07) is 9.71. The highest BCUT2D eigenvalue weighted by Gasteiger charge is 2.46. The second-order valence-corrected chi connectivity index (χ2v) is 6.81. The zero-order valence-corrected chi connectivity index (χ0v) is 14.5. The van der Waals surface area contributed by atoms with Gasteiger partial charge in [-0.15, -0.1) is 0 Å². The van der Waals surface area contributed by atoms with Crippen LogP contribution in [0.1, 0.15) is 24.1 Å². The van der Waals surface area contributed by atoms with Crippen molar-refractivity contribution in [2.24, 2.45) is 5.16 Å². The summed E-state index contributed by atoms with van der Waals surface area (Å²) in [7, 11) is 0. The van der Waals surface area contributed by atoms with Crippen LogP contribution in [0, 0.1) is 0 Å². The van der Waals surface area contributed by atoms with E-state index in [0.29, 0.717) is 18.7 Å². The van der Waals surface area contributed by atoms with Crippen molar-refractivity contribution in [2.75, 3.05) is 13.1 Å². The maximum atomic E-state index is 12.4. The molecular formula is C19H21N5O2. The van der Waals surface area contributed by atoms with Crippen LogP contribution < -0.4 is 5.32 Å². The van der Waals surface area contributed by atoms with Gasteiger partial charge >= 0.3 is 0 Å². The van der Waals surface area contributed by atoms with Gasteiger partial charge in [0.1, 0.15) is 5.71 Å². The number of nitrogens with one attached hydrogen (secondary N) is 1. The fraction of sp³-hybridized carbons (Fsp3) is 0.368. The largest absolute Gasteiger partial charge is 0.387 e. The summed E-state index contributed by atoms with van der Waals surface area (Å²) in [5, 5.41) is 6.96. The minimum atomic E-state index is -0.379. The molecule has 1 atom stereocenters. The topological polar surface area (TPSA) is 79.7 Å². The second-order valence-electron chi connectivity index (χ2n) is 6.81. The average molecular weight is 351 g/mol. The molecule has 26 heavy (non-hydrogen) atoms. The Morgan fingerprint density at radius 2 is 2.23 bits per heavy atom. The van der Waals surface area contributed by atoms with Crippen LogP contribution in [-0.4, -0.2) is 45.2 Å². The van der Waals surface area contributed by atoms with Gasteiger partial charge in [-0.05, 0) is 23.8 Å². The summed E-state index contributed by atoms with van der Waals surface area (Å²) < 4.78 is 0. The lowest BCUT2D eigenvalue weighted by atomic mass is 9.96.